The molecule has 2 fully saturated rings. The number of alkyl halides is 1. The summed E-state index contributed by atoms with van der Waals surface area (Å²) >= 11 is 5.84. The van der Waals surface area contributed by atoms with Crippen LogP contribution in [0.4, 0.5) is 5.69 Å². The molecule has 3 heteroatoms. The summed E-state index contributed by atoms with van der Waals surface area (Å²) in [6.07, 6.45) is 5.59. The van der Waals surface area contributed by atoms with E-state index in [-0.39, 0.29) is 0 Å². The maximum atomic E-state index is 5.92. The van der Waals surface area contributed by atoms with Gasteiger partial charge in [0, 0.05) is 18.1 Å². The van der Waals surface area contributed by atoms with Gasteiger partial charge in [-0.25, -0.2) is 0 Å². The highest BCUT2D eigenvalue weighted by atomic mass is 35.5. The Morgan fingerprint density at radius 3 is 2.72 bits per heavy atom. The Hall–Kier alpha value is -0.730. The van der Waals surface area contributed by atoms with E-state index in [1.54, 1.807) is 0 Å². The van der Waals surface area contributed by atoms with Crippen LogP contribution in [0.1, 0.15) is 31.2 Å². The molecule has 98 valence electrons. The van der Waals surface area contributed by atoms with E-state index >= 15 is 0 Å². The number of benzene rings is 1. The van der Waals surface area contributed by atoms with Crippen LogP contribution in [0.2, 0.25) is 0 Å². The second-order valence-electron chi connectivity index (χ2n) is 5.25. The van der Waals surface area contributed by atoms with E-state index in [2.05, 4.69) is 29.2 Å². The first-order valence-corrected chi connectivity index (χ1v) is 7.45. The summed E-state index contributed by atoms with van der Waals surface area (Å²) in [5, 5.41) is 0. The molecular formula is C15H20ClNO. The second-order valence-corrected chi connectivity index (χ2v) is 5.52. The molecule has 2 unspecified atom stereocenters. The third-order valence-corrected chi connectivity index (χ3v) is 4.46. The number of hydrogen-bond donors (Lipinski definition) is 0. The quantitative estimate of drug-likeness (QED) is 0.758. The SMILES string of the molecule is ClCc1ccc(N2CCOC3CCCCC32)cc1. The number of fused-ring (bicyclic) bond motifs is 1. The number of nitrogens with zero attached hydrogens (tertiary/aromatic N) is 1. The normalized spacial score (nSPS) is 27.9. The summed E-state index contributed by atoms with van der Waals surface area (Å²) < 4.78 is 5.92. The van der Waals surface area contributed by atoms with Crippen LogP contribution in [-0.2, 0) is 10.6 Å². The minimum atomic E-state index is 0.445. The van der Waals surface area contributed by atoms with Gasteiger partial charge in [-0.05, 0) is 30.5 Å². The monoisotopic (exact) mass is 265 g/mol. The Bertz CT molecular complexity index is 390. The maximum Gasteiger partial charge on any atom is 0.0779 e. The lowest BCUT2D eigenvalue weighted by Crippen LogP contribution is -2.52. The standard InChI is InChI=1S/C15H20ClNO/c16-11-12-5-7-13(8-6-12)17-9-10-18-15-4-2-1-3-14(15)17/h5-8,14-15H,1-4,9-11H2. The largest absolute Gasteiger partial charge is 0.374 e. The van der Waals surface area contributed by atoms with Crippen molar-refractivity contribution >= 4 is 17.3 Å². The van der Waals surface area contributed by atoms with Crippen molar-refractivity contribution in [2.45, 2.75) is 43.7 Å². The highest BCUT2D eigenvalue weighted by molar-refractivity contribution is 6.17. The van der Waals surface area contributed by atoms with Crippen LogP contribution < -0.4 is 4.90 Å². The van der Waals surface area contributed by atoms with E-state index in [4.69, 9.17) is 16.3 Å². The van der Waals surface area contributed by atoms with Crippen molar-refractivity contribution in [1.29, 1.82) is 0 Å². The van der Waals surface area contributed by atoms with E-state index in [1.165, 1.54) is 36.9 Å². The summed E-state index contributed by atoms with van der Waals surface area (Å²) in [4.78, 5) is 2.53. The lowest BCUT2D eigenvalue weighted by molar-refractivity contribution is -0.00867. The van der Waals surface area contributed by atoms with Gasteiger partial charge in [0.1, 0.15) is 0 Å². The molecule has 1 saturated heterocycles. The van der Waals surface area contributed by atoms with E-state index in [1.807, 2.05) is 0 Å². The molecule has 1 saturated carbocycles. The van der Waals surface area contributed by atoms with E-state index in [0.29, 0.717) is 18.0 Å². The number of anilines is 1. The van der Waals surface area contributed by atoms with Crippen molar-refractivity contribution < 1.29 is 4.74 Å². The smallest absolute Gasteiger partial charge is 0.0779 e. The molecule has 2 atom stereocenters. The molecule has 0 radical (unpaired) electrons. The van der Waals surface area contributed by atoms with Crippen molar-refractivity contribution in [3.8, 4) is 0 Å². The Morgan fingerprint density at radius 2 is 1.94 bits per heavy atom. The zero-order valence-electron chi connectivity index (χ0n) is 10.6. The summed E-state index contributed by atoms with van der Waals surface area (Å²) in [7, 11) is 0. The predicted molar refractivity (Wildman–Crippen MR) is 75.3 cm³/mol. The Kier molecular flexibility index (Phi) is 3.76. The third kappa shape index (κ3) is 2.36. The molecule has 2 nitrogen and oxygen atoms in total. The number of hydrogen-bond acceptors (Lipinski definition) is 2. The van der Waals surface area contributed by atoms with Gasteiger partial charge in [0.25, 0.3) is 0 Å². The highest BCUT2D eigenvalue weighted by Crippen LogP contribution is 2.32. The van der Waals surface area contributed by atoms with Gasteiger partial charge in [-0.3, -0.25) is 0 Å². The van der Waals surface area contributed by atoms with Gasteiger partial charge in [-0.1, -0.05) is 25.0 Å². The molecule has 1 aromatic carbocycles. The molecule has 1 aliphatic heterocycles. The summed E-state index contributed by atoms with van der Waals surface area (Å²) in [6, 6.07) is 9.25. The van der Waals surface area contributed by atoms with Crippen LogP contribution in [0, 0.1) is 0 Å². The molecule has 0 N–H and O–H groups in total. The number of ether oxygens (including phenoxy) is 1. The predicted octanol–water partition coefficient (Wildman–Crippen LogP) is 3.57. The zero-order chi connectivity index (χ0) is 12.4. The fourth-order valence-corrected chi connectivity index (χ4v) is 3.37. The molecular weight excluding hydrogens is 246 g/mol. The first kappa shape index (κ1) is 12.3. The Balaban J connectivity index is 1.80. The van der Waals surface area contributed by atoms with Crippen LogP contribution in [-0.4, -0.2) is 25.3 Å². The molecule has 0 amide bonds. The molecule has 2 aliphatic rings. The Morgan fingerprint density at radius 1 is 1.17 bits per heavy atom. The van der Waals surface area contributed by atoms with Crippen molar-refractivity contribution in [3.05, 3.63) is 29.8 Å². The van der Waals surface area contributed by atoms with Gasteiger partial charge in [0.05, 0.1) is 18.8 Å². The topological polar surface area (TPSA) is 12.5 Å². The van der Waals surface area contributed by atoms with Gasteiger partial charge >= 0.3 is 0 Å². The van der Waals surface area contributed by atoms with E-state index in [9.17, 15) is 0 Å². The molecule has 18 heavy (non-hydrogen) atoms. The van der Waals surface area contributed by atoms with Gasteiger partial charge in [-0.15, -0.1) is 11.6 Å². The minimum Gasteiger partial charge on any atom is -0.374 e. The van der Waals surface area contributed by atoms with Crippen molar-refractivity contribution in [3.63, 3.8) is 0 Å². The molecule has 0 bridgehead atoms. The van der Waals surface area contributed by atoms with E-state index < -0.39 is 0 Å². The van der Waals surface area contributed by atoms with Crippen molar-refractivity contribution in [1.82, 2.24) is 0 Å². The van der Waals surface area contributed by atoms with Crippen molar-refractivity contribution in [2.24, 2.45) is 0 Å². The molecule has 1 aliphatic carbocycles. The lowest BCUT2D eigenvalue weighted by Gasteiger charge is -2.45. The van der Waals surface area contributed by atoms with Crippen molar-refractivity contribution in [2.75, 3.05) is 18.1 Å². The molecule has 1 aromatic rings. The van der Waals surface area contributed by atoms with E-state index in [0.717, 1.165) is 13.2 Å². The average Bonchev–Trinajstić information content (AvgIpc) is 2.47. The average molecular weight is 266 g/mol. The fourth-order valence-electron chi connectivity index (χ4n) is 3.19. The van der Waals surface area contributed by atoms with Crippen LogP contribution in [0.3, 0.4) is 0 Å². The van der Waals surface area contributed by atoms with Gasteiger partial charge in [0.15, 0.2) is 0 Å². The molecule has 3 rings (SSSR count). The molecule has 0 spiro atoms. The summed E-state index contributed by atoms with van der Waals surface area (Å²) in [5.41, 5.74) is 2.51. The highest BCUT2D eigenvalue weighted by Gasteiger charge is 2.34. The molecule has 0 aromatic heterocycles. The number of halogens is 1. The fraction of sp³-hybridized carbons (Fsp3) is 0.600. The van der Waals surface area contributed by atoms with Crippen LogP contribution in [0.15, 0.2) is 24.3 Å². The van der Waals surface area contributed by atoms with Crippen LogP contribution >= 0.6 is 11.6 Å². The van der Waals surface area contributed by atoms with Crippen LogP contribution in [0.25, 0.3) is 0 Å². The summed E-state index contributed by atoms with van der Waals surface area (Å²) in [5.74, 6) is 0.593. The first-order chi connectivity index (χ1) is 8.88. The Labute approximate surface area is 114 Å². The first-order valence-electron chi connectivity index (χ1n) is 6.91. The zero-order valence-corrected chi connectivity index (χ0v) is 11.4. The lowest BCUT2D eigenvalue weighted by atomic mass is 9.90. The minimum absolute atomic E-state index is 0.445. The number of rotatable bonds is 2. The third-order valence-electron chi connectivity index (χ3n) is 4.15. The maximum absolute atomic E-state index is 5.92. The number of morpholine rings is 1. The van der Waals surface area contributed by atoms with Gasteiger partial charge < -0.3 is 9.64 Å². The van der Waals surface area contributed by atoms with Crippen LogP contribution in [0.5, 0.6) is 0 Å². The summed E-state index contributed by atoms with van der Waals surface area (Å²) in [6.45, 7) is 1.87. The molecule has 1 heterocycles. The second kappa shape index (κ2) is 5.50. The van der Waals surface area contributed by atoms with Gasteiger partial charge in [0.2, 0.25) is 0 Å². The van der Waals surface area contributed by atoms with Gasteiger partial charge in [-0.2, -0.15) is 0 Å².